The summed E-state index contributed by atoms with van der Waals surface area (Å²) in [5.41, 5.74) is 1.32. The first-order valence-electron chi connectivity index (χ1n) is 6.94. The lowest BCUT2D eigenvalue weighted by molar-refractivity contribution is 0.0916. The molecule has 0 fully saturated rings. The van der Waals surface area contributed by atoms with Crippen molar-refractivity contribution in [2.45, 2.75) is 13.0 Å². The monoisotopic (exact) mass is 285 g/mol. The van der Waals surface area contributed by atoms with Crippen LogP contribution in [0, 0.1) is 0 Å². The van der Waals surface area contributed by atoms with E-state index in [1.807, 2.05) is 37.3 Å². The Morgan fingerprint density at radius 1 is 1.14 bits per heavy atom. The minimum Gasteiger partial charge on any atom is -0.494 e. The topological polar surface area (TPSA) is 58.6 Å². The van der Waals surface area contributed by atoms with E-state index in [1.165, 1.54) is 0 Å². The van der Waals surface area contributed by atoms with Crippen LogP contribution in [0.4, 0.5) is 0 Å². The minimum absolute atomic E-state index is 0.177. The number of amides is 1. The van der Waals surface area contributed by atoms with Crippen molar-refractivity contribution in [3.63, 3.8) is 0 Å². The molecule has 0 aliphatic carbocycles. The largest absolute Gasteiger partial charge is 0.494 e. The molecule has 4 nitrogen and oxygen atoms in total. The first-order valence-corrected chi connectivity index (χ1v) is 6.94. The van der Waals surface area contributed by atoms with Crippen LogP contribution < -0.4 is 10.1 Å². The Morgan fingerprint density at radius 3 is 2.43 bits per heavy atom. The second-order valence-corrected chi connectivity index (χ2v) is 4.59. The third-order valence-electron chi connectivity index (χ3n) is 3.07. The first kappa shape index (κ1) is 15.1. The smallest absolute Gasteiger partial charge is 0.251 e. The zero-order valence-electron chi connectivity index (χ0n) is 12.0. The van der Waals surface area contributed by atoms with Crippen LogP contribution in [0.1, 0.15) is 28.9 Å². The summed E-state index contributed by atoms with van der Waals surface area (Å²) in [7, 11) is 0. The lowest BCUT2D eigenvalue weighted by atomic mass is 10.1. The number of carbonyl (C=O) groups is 1. The Morgan fingerprint density at radius 2 is 1.81 bits per heavy atom. The summed E-state index contributed by atoms with van der Waals surface area (Å²) in [4.78, 5) is 12.0. The Hall–Kier alpha value is -2.33. The summed E-state index contributed by atoms with van der Waals surface area (Å²) in [6.45, 7) is 2.68. The highest BCUT2D eigenvalue weighted by Crippen LogP contribution is 2.13. The van der Waals surface area contributed by atoms with Crippen LogP contribution in [-0.4, -0.2) is 24.2 Å². The molecule has 110 valence electrons. The quantitative estimate of drug-likeness (QED) is 0.857. The first-order chi connectivity index (χ1) is 10.2. The molecule has 0 aliphatic rings. The molecule has 4 heteroatoms. The van der Waals surface area contributed by atoms with Gasteiger partial charge in [0.05, 0.1) is 12.7 Å². The maximum absolute atomic E-state index is 12.0. The van der Waals surface area contributed by atoms with Gasteiger partial charge in [0.15, 0.2) is 0 Å². The SMILES string of the molecule is CCOc1ccc(C(=O)NCC(O)c2ccccc2)cc1. The van der Waals surface area contributed by atoms with Gasteiger partial charge in [0, 0.05) is 12.1 Å². The zero-order chi connectivity index (χ0) is 15.1. The molecule has 0 aliphatic heterocycles. The summed E-state index contributed by atoms with van der Waals surface area (Å²) in [5.74, 6) is 0.520. The van der Waals surface area contributed by atoms with Gasteiger partial charge in [-0.25, -0.2) is 0 Å². The Balaban J connectivity index is 1.89. The normalized spacial score (nSPS) is 11.7. The van der Waals surface area contributed by atoms with Crippen molar-refractivity contribution in [2.75, 3.05) is 13.2 Å². The standard InChI is InChI=1S/C17H19NO3/c1-2-21-15-10-8-14(9-11-15)17(20)18-12-16(19)13-6-4-3-5-7-13/h3-11,16,19H,2,12H2,1H3,(H,18,20). The van der Waals surface area contributed by atoms with Gasteiger partial charge in [-0.05, 0) is 36.8 Å². The molecule has 1 atom stereocenters. The molecule has 0 bridgehead atoms. The van der Waals surface area contributed by atoms with Crippen molar-refractivity contribution in [1.82, 2.24) is 5.32 Å². The van der Waals surface area contributed by atoms with Gasteiger partial charge >= 0.3 is 0 Å². The van der Waals surface area contributed by atoms with Crippen LogP contribution in [0.25, 0.3) is 0 Å². The molecular formula is C17H19NO3. The molecule has 0 aromatic heterocycles. The number of nitrogens with one attached hydrogen (secondary N) is 1. The predicted octanol–water partition coefficient (Wildman–Crippen LogP) is 2.55. The third-order valence-corrected chi connectivity index (χ3v) is 3.07. The van der Waals surface area contributed by atoms with Gasteiger partial charge in [-0.15, -0.1) is 0 Å². The maximum Gasteiger partial charge on any atom is 0.251 e. The van der Waals surface area contributed by atoms with Crippen molar-refractivity contribution < 1.29 is 14.6 Å². The third kappa shape index (κ3) is 4.33. The maximum atomic E-state index is 12.0. The van der Waals surface area contributed by atoms with E-state index < -0.39 is 6.10 Å². The molecule has 2 N–H and O–H groups in total. The van der Waals surface area contributed by atoms with Crippen LogP contribution in [0.5, 0.6) is 5.75 Å². The molecular weight excluding hydrogens is 266 g/mol. The van der Waals surface area contributed by atoms with Crippen LogP contribution in [0.3, 0.4) is 0 Å². The lowest BCUT2D eigenvalue weighted by Crippen LogP contribution is -2.28. The summed E-state index contributed by atoms with van der Waals surface area (Å²) in [6.07, 6.45) is -0.710. The van der Waals surface area contributed by atoms with Gasteiger partial charge in [-0.2, -0.15) is 0 Å². The van der Waals surface area contributed by atoms with Crippen LogP contribution >= 0.6 is 0 Å². The van der Waals surface area contributed by atoms with Crippen LogP contribution in [0.15, 0.2) is 54.6 Å². The summed E-state index contributed by atoms with van der Waals surface area (Å²) in [5, 5.41) is 12.7. The fourth-order valence-corrected chi connectivity index (χ4v) is 1.95. The van der Waals surface area contributed by atoms with Crippen LogP contribution in [-0.2, 0) is 0 Å². The van der Waals surface area contributed by atoms with Gasteiger partial charge in [0.2, 0.25) is 0 Å². The number of hydrogen-bond acceptors (Lipinski definition) is 3. The number of carbonyl (C=O) groups excluding carboxylic acids is 1. The minimum atomic E-state index is -0.710. The Labute approximate surface area is 124 Å². The van der Waals surface area contributed by atoms with Crippen molar-refractivity contribution in [3.05, 3.63) is 65.7 Å². The average Bonchev–Trinajstić information content (AvgIpc) is 2.54. The molecule has 2 rings (SSSR count). The van der Waals surface area contributed by atoms with Crippen molar-refractivity contribution in [2.24, 2.45) is 0 Å². The fraction of sp³-hybridized carbons (Fsp3) is 0.235. The van der Waals surface area contributed by atoms with Gasteiger partial charge in [0.1, 0.15) is 5.75 Å². The number of hydrogen-bond donors (Lipinski definition) is 2. The number of benzene rings is 2. The molecule has 2 aromatic rings. The fourth-order valence-electron chi connectivity index (χ4n) is 1.95. The summed E-state index contributed by atoms with van der Waals surface area (Å²) in [6, 6.07) is 16.2. The van der Waals surface area contributed by atoms with E-state index in [1.54, 1.807) is 24.3 Å². The highest BCUT2D eigenvalue weighted by atomic mass is 16.5. The zero-order valence-corrected chi connectivity index (χ0v) is 12.0. The van der Waals surface area contributed by atoms with E-state index in [9.17, 15) is 9.90 Å². The second-order valence-electron chi connectivity index (χ2n) is 4.59. The second kappa shape index (κ2) is 7.45. The van der Waals surface area contributed by atoms with Gasteiger partial charge in [-0.3, -0.25) is 4.79 Å². The van der Waals surface area contributed by atoms with E-state index in [0.29, 0.717) is 12.2 Å². The van der Waals surface area contributed by atoms with Crippen LogP contribution in [0.2, 0.25) is 0 Å². The Kier molecular flexibility index (Phi) is 5.35. The summed E-state index contributed by atoms with van der Waals surface area (Å²) < 4.78 is 5.32. The Bertz CT molecular complexity index is 566. The highest BCUT2D eigenvalue weighted by molar-refractivity contribution is 5.94. The van der Waals surface area contributed by atoms with E-state index in [4.69, 9.17) is 4.74 Å². The molecule has 0 heterocycles. The van der Waals surface area contributed by atoms with Gasteiger partial charge in [0.25, 0.3) is 5.91 Å². The number of aliphatic hydroxyl groups excluding tert-OH is 1. The van der Waals surface area contributed by atoms with Gasteiger partial charge < -0.3 is 15.2 Å². The average molecular weight is 285 g/mol. The predicted molar refractivity (Wildman–Crippen MR) is 81.3 cm³/mol. The molecule has 2 aromatic carbocycles. The van der Waals surface area contributed by atoms with Crippen molar-refractivity contribution >= 4 is 5.91 Å². The van der Waals surface area contributed by atoms with Gasteiger partial charge in [-0.1, -0.05) is 30.3 Å². The molecule has 21 heavy (non-hydrogen) atoms. The van der Waals surface area contributed by atoms with E-state index in [0.717, 1.165) is 11.3 Å². The molecule has 1 amide bonds. The van der Waals surface area contributed by atoms with Crippen molar-refractivity contribution in [3.8, 4) is 5.75 Å². The molecule has 0 saturated carbocycles. The molecule has 1 unspecified atom stereocenters. The molecule has 0 radical (unpaired) electrons. The lowest BCUT2D eigenvalue weighted by Gasteiger charge is -2.12. The molecule has 0 saturated heterocycles. The van der Waals surface area contributed by atoms with E-state index in [-0.39, 0.29) is 12.5 Å². The van der Waals surface area contributed by atoms with Crippen molar-refractivity contribution in [1.29, 1.82) is 0 Å². The number of rotatable bonds is 6. The number of ether oxygens (including phenoxy) is 1. The number of aliphatic hydroxyl groups is 1. The van der Waals surface area contributed by atoms with E-state index in [2.05, 4.69) is 5.32 Å². The van der Waals surface area contributed by atoms with E-state index >= 15 is 0 Å². The summed E-state index contributed by atoms with van der Waals surface area (Å²) >= 11 is 0. The molecule has 0 spiro atoms. The highest BCUT2D eigenvalue weighted by Gasteiger charge is 2.10.